The summed E-state index contributed by atoms with van der Waals surface area (Å²) in [6, 6.07) is 6.77. The van der Waals surface area contributed by atoms with Crippen LogP contribution in [-0.4, -0.2) is 29.7 Å². The SMILES string of the molecule is Cc1ccccc1NS(=O)(=O)c1[nH]ncc1C(=O)O. The normalized spacial score (nSPS) is 11.2. The van der Waals surface area contributed by atoms with Gasteiger partial charge in [0.1, 0.15) is 5.56 Å². The summed E-state index contributed by atoms with van der Waals surface area (Å²) in [7, 11) is -4.02. The number of aromatic carboxylic acids is 1. The summed E-state index contributed by atoms with van der Waals surface area (Å²) in [5.74, 6) is -1.36. The number of aryl methyl sites for hydroxylation is 1. The molecule has 1 heterocycles. The van der Waals surface area contributed by atoms with Crippen LogP contribution in [0.5, 0.6) is 0 Å². The molecule has 0 aliphatic heterocycles. The standard InChI is InChI=1S/C11H11N3O4S/c1-7-4-2-3-5-9(7)14-19(17,18)10-8(11(15)16)6-12-13-10/h2-6,14H,1H3,(H,12,13)(H,15,16). The Kier molecular flexibility index (Phi) is 3.26. The molecule has 100 valence electrons. The van der Waals surface area contributed by atoms with E-state index in [-0.39, 0.29) is 0 Å². The van der Waals surface area contributed by atoms with Gasteiger partial charge in [-0.15, -0.1) is 0 Å². The van der Waals surface area contributed by atoms with Crippen LogP contribution in [0.3, 0.4) is 0 Å². The first-order chi connectivity index (χ1) is 8.92. The van der Waals surface area contributed by atoms with E-state index in [1.165, 1.54) is 0 Å². The number of H-pyrrole nitrogens is 1. The monoisotopic (exact) mass is 281 g/mol. The summed E-state index contributed by atoms with van der Waals surface area (Å²) in [5, 5.41) is 14.1. The Morgan fingerprint density at radius 3 is 2.68 bits per heavy atom. The lowest BCUT2D eigenvalue weighted by Gasteiger charge is -2.09. The second-order valence-electron chi connectivity index (χ2n) is 3.84. The minimum Gasteiger partial charge on any atom is -0.478 e. The largest absolute Gasteiger partial charge is 0.478 e. The summed E-state index contributed by atoms with van der Waals surface area (Å²) < 4.78 is 26.5. The van der Waals surface area contributed by atoms with Gasteiger partial charge in [-0.1, -0.05) is 18.2 Å². The average Bonchev–Trinajstić information content (AvgIpc) is 2.82. The smallest absolute Gasteiger partial charge is 0.340 e. The van der Waals surface area contributed by atoms with Gasteiger partial charge < -0.3 is 5.11 Å². The van der Waals surface area contributed by atoms with E-state index in [9.17, 15) is 13.2 Å². The van der Waals surface area contributed by atoms with E-state index in [4.69, 9.17) is 5.11 Å². The van der Waals surface area contributed by atoms with Crippen molar-refractivity contribution in [2.24, 2.45) is 0 Å². The Balaban J connectivity index is 2.41. The van der Waals surface area contributed by atoms with Crippen molar-refractivity contribution in [2.75, 3.05) is 4.72 Å². The molecule has 0 spiro atoms. The molecular formula is C11H11N3O4S. The van der Waals surface area contributed by atoms with Crippen LogP contribution in [-0.2, 0) is 10.0 Å². The number of carbonyl (C=O) groups is 1. The van der Waals surface area contributed by atoms with E-state index in [1.54, 1.807) is 31.2 Å². The molecule has 0 atom stereocenters. The number of hydrogen-bond acceptors (Lipinski definition) is 4. The molecule has 7 nitrogen and oxygen atoms in total. The molecule has 0 aliphatic rings. The van der Waals surface area contributed by atoms with Gasteiger partial charge in [-0.05, 0) is 18.6 Å². The number of aromatic nitrogens is 2. The molecule has 0 bridgehead atoms. The van der Waals surface area contributed by atoms with Crippen molar-refractivity contribution < 1.29 is 18.3 Å². The second kappa shape index (κ2) is 4.73. The molecule has 1 aromatic carbocycles. The van der Waals surface area contributed by atoms with Gasteiger partial charge in [0, 0.05) is 0 Å². The summed E-state index contributed by atoms with van der Waals surface area (Å²) in [5.41, 5.74) is 0.706. The van der Waals surface area contributed by atoms with Gasteiger partial charge in [-0.25, -0.2) is 4.79 Å². The van der Waals surface area contributed by atoms with Crippen molar-refractivity contribution in [2.45, 2.75) is 11.9 Å². The van der Waals surface area contributed by atoms with Gasteiger partial charge in [0.15, 0.2) is 5.03 Å². The summed E-state index contributed by atoms with van der Waals surface area (Å²) in [4.78, 5) is 10.9. The first-order valence-corrected chi connectivity index (χ1v) is 6.75. The fourth-order valence-corrected chi connectivity index (χ4v) is 2.74. The first-order valence-electron chi connectivity index (χ1n) is 5.27. The van der Waals surface area contributed by atoms with E-state index in [1.807, 2.05) is 0 Å². The highest BCUT2D eigenvalue weighted by Gasteiger charge is 2.25. The quantitative estimate of drug-likeness (QED) is 0.780. The van der Waals surface area contributed by atoms with Gasteiger partial charge in [-0.2, -0.15) is 13.5 Å². The Bertz CT molecular complexity index is 721. The minimum absolute atomic E-state index is 0.383. The highest BCUT2D eigenvalue weighted by atomic mass is 32.2. The molecule has 0 fully saturated rings. The van der Waals surface area contributed by atoms with Crippen LogP contribution >= 0.6 is 0 Å². The third kappa shape index (κ3) is 2.58. The van der Waals surface area contributed by atoms with Crippen LogP contribution < -0.4 is 4.72 Å². The van der Waals surface area contributed by atoms with Crippen molar-refractivity contribution in [3.8, 4) is 0 Å². The topological polar surface area (TPSA) is 112 Å². The number of aromatic amines is 1. The van der Waals surface area contributed by atoms with Crippen molar-refractivity contribution in [1.29, 1.82) is 0 Å². The van der Waals surface area contributed by atoms with Gasteiger partial charge >= 0.3 is 5.97 Å². The number of sulfonamides is 1. The number of nitrogens with one attached hydrogen (secondary N) is 2. The Morgan fingerprint density at radius 1 is 1.37 bits per heavy atom. The molecule has 19 heavy (non-hydrogen) atoms. The summed E-state index contributed by atoms with van der Waals surface area (Å²) in [6.07, 6.45) is 0.953. The van der Waals surface area contributed by atoms with Crippen LogP contribution in [0.25, 0.3) is 0 Å². The third-order valence-corrected chi connectivity index (χ3v) is 3.83. The highest BCUT2D eigenvalue weighted by molar-refractivity contribution is 7.92. The lowest BCUT2D eigenvalue weighted by molar-refractivity contribution is 0.0692. The molecule has 2 aromatic rings. The van der Waals surface area contributed by atoms with Crippen LogP contribution in [0.2, 0.25) is 0 Å². The number of carboxylic acids is 1. The van der Waals surface area contributed by atoms with E-state index in [2.05, 4.69) is 14.9 Å². The number of nitrogens with zero attached hydrogens (tertiary/aromatic N) is 1. The van der Waals surface area contributed by atoms with E-state index in [0.29, 0.717) is 5.69 Å². The van der Waals surface area contributed by atoms with Crippen molar-refractivity contribution in [1.82, 2.24) is 10.2 Å². The molecule has 8 heteroatoms. The number of para-hydroxylation sites is 1. The minimum atomic E-state index is -4.02. The predicted octanol–water partition coefficient (Wildman–Crippen LogP) is 1.22. The summed E-state index contributed by atoms with van der Waals surface area (Å²) in [6.45, 7) is 1.74. The molecule has 0 saturated heterocycles. The predicted molar refractivity (Wildman–Crippen MR) is 67.5 cm³/mol. The zero-order valence-corrected chi connectivity index (χ0v) is 10.7. The number of anilines is 1. The average molecular weight is 281 g/mol. The molecule has 0 radical (unpaired) electrons. The number of benzene rings is 1. The highest BCUT2D eigenvalue weighted by Crippen LogP contribution is 2.20. The number of rotatable bonds is 4. The fraction of sp³-hybridized carbons (Fsp3) is 0.0909. The summed E-state index contributed by atoms with van der Waals surface area (Å²) >= 11 is 0. The van der Waals surface area contributed by atoms with Gasteiger partial charge in [0.2, 0.25) is 0 Å². The lowest BCUT2D eigenvalue weighted by atomic mass is 10.2. The van der Waals surface area contributed by atoms with Crippen molar-refractivity contribution in [3.63, 3.8) is 0 Å². The van der Waals surface area contributed by atoms with E-state index in [0.717, 1.165) is 11.8 Å². The van der Waals surface area contributed by atoms with Crippen molar-refractivity contribution >= 4 is 21.7 Å². The number of hydrogen-bond donors (Lipinski definition) is 3. The molecular weight excluding hydrogens is 270 g/mol. The Labute approximate surface area is 109 Å². The van der Waals surface area contributed by atoms with Crippen LogP contribution in [0, 0.1) is 6.92 Å². The molecule has 0 aliphatic carbocycles. The lowest BCUT2D eigenvalue weighted by Crippen LogP contribution is -2.17. The zero-order chi connectivity index (χ0) is 14.0. The number of carboxylic acid groups (broad SMARTS) is 1. The Hall–Kier alpha value is -2.35. The van der Waals surface area contributed by atoms with Crippen LogP contribution in [0.4, 0.5) is 5.69 Å². The maximum absolute atomic E-state index is 12.1. The van der Waals surface area contributed by atoms with E-state index >= 15 is 0 Å². The maximum Gasteiger partial charge on any atom is 0.340 e. The zero-order valence-electron chi connectivity index (χ0n) is 9.91. The molecule has 0 saturated carbocycles. The maximum atomic E-state index is 12.1. The third-order valence-electron chi connectivity index (χ3n) is 2.49. The van der Waals surface area contributed by atoms with Gasteiger partial charge in [0.25, 0.3) is 10.0 Å². The van der Waals surface area contributed by atoms with Crippen LogP contribution in [0.1, 0.15) is 15.9 Å². The molecule has 3 N–H and O–H groups in total. The fourth-order valence-electron chi connectivity index (χ4n) is 1.51. The van der Waals surface area contributed by atoms with E-state index < -0.39 is 26.6 Å². The van der Waals surface area contributed by atoms with Gasteiger partial charge in [0.05, 0.1) is 11.9 Å². The molecule has 2 rings (SSSR count). The van der Waals surface area contributed by atoms with Crippen LogP contribution in [0.15, 0.2) is 35.5 Å². The second-order valence-corrected chi connectivity index (χ2v) is 5.46. The molecule has 1 aromatic heterocycles. The molecule has 0 amide bonds. The Morgan fingerprint density at radius 2 is 2.05 bits per heavy atom. The first kappa shape index (κ1) is 13.1. The van der Waals surface area contributed by atoms with Gasteiger partial charge in [-0.3, -0.25) is 9.82 Å². The molecule has 0 unspecified atom stereocenters. The van der Waals surface area contributed by atoms with Crippen molar-refractivity contribution in [3.05, 3.63) is 41.6 Å².